The second-order valence-electron chi connectivity index (χ2n) is 4.06. The lowest BCUT2D eigenvalue weighted by Gasteiger charge is -2.05. The Bertz CT molecular complexity index is 605. The molecule has 0 atom stereocenters. The Morgan fingerprint density at radius 2 is 2.06 bits per heavy atom. The monoisotopic (exact) mass is 211 g/mol. The highest BCUT2D eigenvalue weighted by Gasteiger charge is 2.05. The van der Waals surface area contributed by atoms with Crippen LogP contribution in [0.5, 0.6) is 0 Å². The standard InChI is InChI=1S/C14H13NO/c1-11-8-13-4-2-3-5-14(13)15(11)9-12-6-7-16-10-12/h2-8,10H,9H2,1H3. The second-order valence-corrected chi connectivity index (χ2v) is 4.06. The molecule has 16 heavy (non-hydrogen) atoms. The van der Waals surface area contributed by atoms with Gasteiger partial charge in [-0.05, 0) is 30.5 Å². The molecule has 0 bridgehead atoms. The molecule has 0 saturated heterocycles. The Labute approximate surface area is 94.1 Å². The van der Waals surface area contributed by atoms with Gasteiger partial charge in [-0.15, -0.1) is 0 Å². The fourth-order valence-corrected chi connectivity index (χ4v) is 2.12. The van der Waals surface area contributed by atoms with Gasteiger partial charge in [-0.25, -0.2) is 0 Å². The average Bonchev–Trinajstić information content (AvgIpc) is 2.89. The maximum absolute atomic E-state index is 5.10. The molecule has 0 aliphatic rings. The number of fused-ring (bicyclic) bond motifs is 1. The number of benzene rings is 1. The lowest BCUT2D eigenvalue weighted by atomic mass is 10.2. The predicted octanol–water partition coefficient (Wildman–Crippen LogP) is 3.59. The molecule has 1 aromatic carbocycles. The first-order valence-electron chi connectivity index (χ1n) is 5.40. The minimum Gasteiger partial charge on any atom is -0.472 e. The van der Waals surface area contributed by atoms with Gasteiger partial charge in [0.05, 0.1) is 19.1 Å². The third-order valence-electron chi connectivity index (χ3n) is 2.94. The van der Waals surface area contributed by atoms with E-state index < -0.39 is 0 Å². The smallest absolute Gasteiger partial charge is 0.0952 e. The molecule has 3 rings (SSSR count). The molecule has 2 nitrogen and oxygen atoms in total. The van der Waals surface area contributed by atoms with Crippen LogP contribution in [0.1, 0.15) is 11.3 Å². The quantitative estimate of drug-likeness (QED) is 0.633. The van der Waals surface area contributed by atoms with Gasteiger partial charge in [0.2, 0.25) is 0 Å². The normalized spacial score (nSPS) is 11.1. The summed E-state index contributed by atoms with van der Waals surface area (Å²) in [6.07, 6.45) is 3.52. The van der Waals surface area contributed by atoms with Gasteiger partial charge in [0.1, 0.15) is 0 Å². The largest absolute Gasteiger partial charge is 0.472 e. The van der Waals surface area contributed by atoms with Crippen LogP contribution in [0.4, 0.5) is 0 Å². The van der Waals surface area contributed by atoms with Crippen molar-refractivity contribution in [2.24, 2.45) is 0 Å². The van der Waals surface area contributed by atoms with Crippen molar-refractivity contribution in [3.63, 3.8) is 0 Å². The molecule has 0 fully saturated rings. The van der Waals surface area contributed by atoms with E-state index in [1.807, 2.05) is 6.07 Å². The van der Waals surface area contributed by atoms with Crippen molar-refractivity contribution in [2.45, 2.75) is 13.5 Å². The van der Waals surface area contributed by atoms with Gasteiger partial charge in [-0.3, -0.25) is 0 Å². The van der Waals surface area contributed by atoms with Crippen molar-refractivity contribution in [1.29, 1.82) is 0 Å². The van der Waals surface area contributed by atoms with E-state index in [-0.39, 0.29) is 0 Å². The topological polar surface area (TPSA) is 18.1 Å². The Morgan fingerprint density at radius 3 is 2.88 bits per heavy atom. The van der Waals surface area contributed by atoms with Crippen molar-refractivity contribution >= 4 is 10.9 Å². The van der Waals surface area contributed by atoms with Gasteiger partial charge in [0, 0.05) is 16.8 Å². The number of aromatic nitrogens is 1. The van der Waals surface area contributed by atoms with Gasteiger partial charge in [0.15, 0.2) is 0 Å². The van der Waals surface area contributed by atoms with Crippen LogP contribution in [0, 0.1) is 6.92 Å². The summed E-state index contributed by atoms with van der Waals surface area (Å²) >= 11 is 0. The van der Waals surface area contributed by atoms with Crippen molar-refractivity contribution in [3.05, 3.63) is 60.2 Å². The first-order chi connectivity index (χ1) is 7.84. The molecule has 2 aromatic heterocycles. The summed E-state index contributed by atoms with van der Waals surface area (Å²) < 4.78 is 7.41. The molecule has 2 heterocycles. The van der Waals surface area contributed by atoms with Gasteiger partial charge >= 0.3 is 0 Å². The molecule has 0 unspecified atom stereocenters. The number of hydrogen-bond acceptors (Lipinski definition) is 1. The fraction of sp³-hybridized carbons (Fsp3) is 0.143. The SMILES string of the molecule is Cc1cc2ccccc2n1Cc1ccoc1. The Morgan fingerprint density at radius 1 is 1.19 bits per heavy atom. The van der Waals surface area contributed by atoms with Crippen LogP contribution in [0.3, 0.4) is 0 Å². The Hall–Kier alpha value is -1.96. The summed E-state index contributed by atoms with van der Waals surface area (Å²) in [5.41, 5.74) is 3.76. The van der Waals surface area contributed by atoms with Gasteiger partial charge in [-0.2, -0.15) is 0 Å². The first kappa shape index (κ1) is 9.28. The van der Waals surface area contributed by atoms with E-state index in [0.29, 0.717) is 0 Å². The maximum Gasteiger partial charge on any atom is 0.0952 e. The first-order valence-corrected chi connectivity index (χ1v) is 5.40. The average molecular weight is 211 g/mol. The molecule has 2 heteroatoms. The third-order valence-corrected chi connectivity index (χ3v) is 2.94. The van der Waals surface area contributed by atoms with Crippen molar-refractivity contribution in [3.8, 4) is 0 Å². The molecule has 0 aliphatic heterocycles. The van der Waals surface area contributed by atoms with E-state index >= 15 is 0 Å². The minimum absolute atomic E-state index is 0.871. The molecule has 0 aliphatic carbocycles. The highest BCUT2D eigenvalue weighted by molar-refractivity contribution is 5.81. The minimum atomic E-state index is 0.871. The summed E-state index contributed by atoms with van der Waals surface area (Å²) in [4.78, 5) is 0. The summed E-state index contributed by atoms with van der Waals surface area (Å²) in [6, 6.07) is 12.7. The van der Waals surface area contributed by atoms with E-state index in [1.54, 1.807) is 12.5 Å². The lowest BCUT2D eigenvalue weighted by molar-refractivity contribution is 0.562. The second kappa shape index (κ2) is 3.56. The molecule has 0 N–H and O–H groups in total. The highest BCUT2D eigenvalue weighted by Crippen LogP contribution is 2.20. The summed E-state index contributed by atoms with van der Waals surface area (Å²) in [6.45, 7) is 3.01. The van der Waals surface area contributed by atoms with Gasteiger partial charge < -0.3 is 8.98 Å². The maximum atomic E-state index is 5.10. The van der Waals surface area contributed by atoms with Crippen LogP contribution in [0.2, 0.25) is 0 Å². The van der Waals surface area contributed by atoms with Crippen LogP contribution < -0.4 is 0 Å². The van der Waals surface area contributed by atoms with E-state index in [9.17, 15) is 0 Å². The number of hydrogen-bond donors (Lipinski definition) is 0. The zero-order valence-electron chi connectivity index (χ0n) is 9.18. The number of nitrogens with zero attached hydrogens (tertiary/aromatic N) is 1. The van der Waals surface area contributed by atoms with Crippen LogP contribution in [0.15, 0.2) is 53.3 Å². The van der Waals surface area contributed by atoms with Crippen LogP contribution in [0.25, 0.3) is 10.9 Å². The van der Waals surface area contributed by atoms with Gasteiger partial charge in [0.25, 0.3) is 0 Å². The van der Waals surface area contributed by atoms with E-state index in [0.717, 1.165) is 6.54 Å². The molecular formula is C14H13NO. The Balaban J connectivity index is 2.12. The number of furan rings is 1. The summed E-state index contributed by atoms with van der Waals surface area (Å²) in [7, 11) is 0. The molecule has 0 saturated carbocycles. The fourth-order valence-electron chi connectivity index (χ4n) is 2.12. The van der Waals surface area contributed by atoms with E-state index in [2.05, 4.69) is 41.8 Å². The van der Waals surface area contributed by atoms with Crippen molar-refractivity contribution < 1.29 is 4.42 Å². The molecule has 80 valence electrons. The van der Waals surface area contributed by atoms with Crippen molar-refractivity contribution in [1.82, 2.24) is 4.57 Å². The summed E-state index contributed by atoms with van der Waals surface area (Å²) in [5, 5.41) is 1.29. The molecule has 0 amide bonds. The molecule has 0 spiro atoms. The Kier molecular flexibility index (Phi) is 2.07. The highest BCUT2D eigenvalue weighted by atomic mass is 16.3. The van der Waals surface area contributed by atoms with Crippen LogP contribution >= 0.6 is 0 Å². The number of rotatable bonds is 2. The third kappa shape index (κ3) is 1.43. The zero-order valence-corrected chi connectivity index (χ0v) is 9.18. The molecule has 3 aromatic rings. The number of para-hydroxylation sites is 1. The molecular weight excluding hydrogens is 198 g/mol. The molecule has 0 radical (unpaired) electrons. The predicted molar refractivity (Wildman–Crippen MR) is 64.5 cm³/mol. The zero-order chi connectivity index (χ0) is 11.0. The van der Waals surface area contributed by atoms with Crippen molar-refractivity contribution in [2.75, 3.05) is 0 Å². The van der Waals surface area contributed by atoms with E-state index in [4.69, 9.17) is 4.42 Å². The summed E-state index contributed by atoms with van der Waals surface area (Å²) in [5.74, 6) is 0. The lowest BCUT2D eigenvalue weighted by Crippen LogP contribution is -1.99. The van der Waals surface area contributed by atoms with E-state index in [1.165, 1.54) is 22.2 Å². The van der Waals surface area contributed by atoms with Crippen LogP contribution in [-0.2, 0) is 6.54 Å². The van der Waals surface area contributed by atoms with Crippen LogP contribution in [-0.4, -0.2) is 4.57 Å². The number of aryl methyl sites for hydroxylation is 1. The van der Waals surface area contributed by atoms with Gasteiger partial charge in [-0.1, -0.05) is 18.2 Å².